The summed E-state index contributed by atoms with van der Waals surface area (Å²) in [6.45, 7) is 3.99. The van der Waals surface area contributed by atoms with Gasteiger partial charge in [-0.1, -0.05) is 84.9 Å². The number of fused-ring (bicyclic) bond motifs is 3. The molecular formula is C27H25NO4. The highest BCUT2D eigenvalue weighted by Crippen LogP contribution is 2.44. The first-order chi connectivity index (χ1) is 15.7. The summed E-state index contributed by atoms with van der Waals surface area (Å²) in [5.74, 6) is -0.571. The second kappa shape index (κ2) is 9.96. The van der Waals surface area contributed by atoms with Crippen molar-refractivity contribution in [3.05, 3.63) is 108 Å². The minimum Gasteiger partial charge on any atom is -0.459 e. The van der Waals surface area contributed by atoms with Crippen molar-refractivity contribution in [1.29, 1.82) is 0 Å². The molecule has 0 heterocycles. The predicted octanol–water partition coefficient (Wildman–Crippen LogP) is 5.21. The van der Waals surface area contributed by atoms with E-state index in [-0.39, 0.29) is 25.6 Å². The molecule has 1 amide bonds. The molecule has 4 rings (SSSR count). The van der Waals surface area contributed by atoms with E-state index in [0.29, 0.717) is 0 Å². The number of benzene rings is 3. The second-order valence-electron chi connectivity index (χ2n) is 7.64. The monoisotopic (exact) mass is 427 g/mol. The van der Waals surface area contributed by atoms with Crippen molar-refractivity contribution in [3.63, 3.8) is 0 Å². The summed E-state index contributed by atoms with van der Waals surface area (Å²) >= 11 is 0. The molecule has 1 aliphatic carbocycles. The molecule has 0 saturated heterocycles. The summed E-state index contributed by atoms with van der Waals surface area (Å²) in [6, 6.07) is 24.8. The molecule has 162 valence electrons. The van der Waals surface area contributed by atoms with Crippen LogP contribution in [0.5, 0.6) is 0 Å². The van der Waals surface area contributed by atoms with Crippen LogP contribution < -0.4 is 5.32 Å². The zero-order valence-corrected chi connectivity index (χ0v) is 17.7. The highest BCUT2D eigenvalue weighted by atomic mass is 16.6. The number of rotatable bonds is 8. The zero-order valence-electron chi connectivity index (χ0n) is 17.7. The van der Waals surface area contributed by atoms with Gasteiger partial charge in [-0.05, 0) is 34.2 Å². The van der Waals surface area contributed by atoms with Crippen LogP contribution in [0.15, 0.2) is 91.5 Å². The molecule has 0 aliphatic heterocycles. The highest BCUT2D eigenvalue weighted by Gasteiger charge is 2.29. The summed E-state index contributed by atoms with van der Waals surface area (Å²) in [4.78, 5) is 25.0. The molecule has 5 heteroatoms. The number of hydrogen-bond acceptors (Lipinski definition) is 4. The molecule has 0 spiro atoms. The predicted molar refractivity (Wildman–Crippen MR) is 123 cm³/mol. The molecule has 0 fully saturated rings. The SMILES string of the molecule is C=CC[C@@H](NC(=O)OCC1c2ccccc2-c2ccccc21)C(=O)OCc1ccccc1. The van der Waals surface area contributed by atoms with Gasteiger partial charge in [-0.3, -0.25) is 0 Å². The molecule has 0 saturated carbocycles. The van der Waals surface area contributed by atoms with Crippen LogP contribution in [-0.2, 0) is 20.9 Å². The summed E-state index contributed by atoms with van der Waals surface area (Å²) in [5, 5.41) is 2.62. The van der Waals surface area contributed by atoms with E-state index in [4.69, 9.17) is 9.47 Å². The number of alkyl carbamates (subject to hydrolysis) is 1. The molecule has 0 bridgehead atoms. The van der Waals surface area contributed by atoms with E-state index in [1.807, 2.05) is 54.6 Å². The minimum absolute atomic E-state index is 0.0453. The Morgan fingerprint density at radius 1 is 0.875 bits per heavy atom. The standard InChI is InChI=1S/C27H25NO4/c1-2-10-25(26(29)31-17-19-11-4-3-5-12-19)28-27(30)32-18-24-22-15-8-6-13-20(22)21-14-7-9-16-23(21)24/h2-9,11-16,24-25H,1,10,17-18H2,(H,28,30)/t25-/m1/s1. The molecule has 0 unspecified atom stereocenters. The number of carbonyl (C=O) groups is 2. The second-order valence-corrected chi connectivity index (χ2v) is 7.64. The van der Waals surface area contributed by atoms with Crippen LogP contribution in [0.25, 0.3) is 11.1 Å². The van der Waals surface area contributed by atoms with Crippen molar-refractivity contribution in [3.8, 4) is 11.1 Å². The largest absolute Gasteiger partial charge is 0.459 e. The van der Waals surface area contributed by atoms with Crippen LogP contribution in [0.1, 0.15) is 29.0 Å². The Balaban J connectivity index is 1.37. The molecule has 0 radical (unpaired) electrons. The third kappa shape index (κ3) is 4.72. The smallest absolute Gasteiger partial charge is 0.407 e. The van der Waals surface area contributed by atoms with Gasteiger partial charge in [-0.25, -0.2) is 9.59 Å². The maximum atomic E-state index is 12.5. The van der Waals surface area contributed by atoms with E-state index < -0.39 is 18.1 Å². The average Bonchev–Trinajstić information content (AvgIpc) is 3.15. The number of ether oxygens (including phenoxy) is 2. The summed E-state index contributed by atoms with van der Waals surface area (Å²) in [5.41, 5.74) is 5.45. The van der Waals surface area contributed by atoms with Crippen molar-refractivity contribution in [2.75, 3.05) is 6.61 Å². The first kappa shape index (κ1) is 21.4. The van der Waals surface area contributed by atoms with Crippen molar-refractivity contribution >= 4 is 12.1 Å². The van der Waals surface area contributed by atoms with Crippen LogP contribution in [0.3, 0.4) is 0 Å². The maximum absolute atomic E-state index is 12.5. The van der Waals surface area contributed by atoms with Crippen LogP contribution in [0.4, 0.5) is 4.79 Å². The van der Waals surface area contributed by atoms with Gasteiger partial charge in [-0.15, -0.1) is 6.58 Å². The summed E-state index contributed by atoms with van der Waals surface area (Å²) in [7, 11) is 0. The van der Waals surface area contributed by atoms with Crippen LogP contribution in [-0.4, -0.2) is 24.7 Å². The lowest BCUT2D eigenvalue weighted by atomic mass is 9.98. The van der Waals surface area contributed by atoms with Gasteiger partial charge in [0.25, 0.3) is 0 Å². The molecule has 1 atom stereocenters. The minimum atomic E-state index is -0.855. The maximum Gasteiger partial charge on any atom is 0.407 e. The lowest BCUT2D eigenvalue weighted by Gasteiger charge is -2.18. The number of carbonyl (C=O) groups excluding carboxylic acids is 2. The molecule has 5 nitrogen and oxygen atoms in total. The third-order valence-electron chi connectivity index (χ3n) is 5.55. The lowest BCUT2D eigenvalue weighted by molar-refractivity contribution is -0.147. The summed E-state index contributed by atoms with van der Waals surface area (Å²) < 4.78 is 10.9. The quantitative estimate of drug-likeness (QED) is 0.396. The first-order valence-corrected chi connectivity index (χ1v) is 10.6. The molecule has 3 aromatic carbocycles. The molecule has 3 aromatic rings. The van der Waals surface area contributed by atoms with Crippen LogP contribution in [0, 0.1) is 0 Å². The number of hydrogen-bond donors (Lipinski definition) is 1. The van der Waals surface area contributed by atoms with Crippen molar-refractivity contribution < 1.29 is 19.1 Å². The Labute approximate surface area is 187 Å². The average molecular weight is 428 g/mol. The van der Waals surface area contributed by atoms with Gasteiger partial charge in [-0.2, -0.15) is 0 Å². The van der Waals surface area contributed by atoms with Gasteiger partial charge < -0.3 is 14.8 Å². The van der Waals surface area contributed by atoms with Crippen LogP contribution in [0.2, 0.25) is 0 Å². The van der Waals surface area contributed by atoms with Gasteiger partial charge in [0.1, 0.15) is 19.3 Å². The van der Waals surface area contributed by atoms with Gasteiger partial charge >= 0.3 is 12.1 Å². The third-order valence-corrected chi connectivity index (χ3v) is 5.55. The van der Waals surface area contributed by atoms with E-state index in [2.05, 4.69) is 36.2 Å². The van der Waals surface area contributed by atoms with E-state index in [1.54, 1.807) is 6.08 Å². The Kier molecular flexibility index (Phi) is 6.66. The topological polar surface area (TPSA) is 64.6 Å². The van der Waals surface area contributed by atoms with Crippen LogP contribution >= 0.6 is 0 Å². The number of esters is 1. The number of nitrogens with one attached hydrogen (secondary N) is 1. The van der Waals surface area contributed by atoms with E-state index in [0.717, 1.165) is 27.8 Å². The van der Waals surface area contributed by atoms with Gasteiger partial charge in [0.2, 0.25) is 0 Å². The van der Waals surface area contributed by atoms with Crippen molar-refractivity contribution in [1.82, 2.24) is 5.32 Å². The summed E-state index contributed by atoms with van der Waals surface area (Å²) in [6.07, 6.45) is 1.16. The fourth-order valence-electron chi connectivity index (χ4n) is 3.99. The zero-order chi connectivity index (χ0) is 22.3. The lowest BCUT2D eigenvalue weighted by Crippen LogP contribution is -2.42. The van der Waals surface area contributed by atoms with Gasteiger partial charge in [0, 0.05) is 5.92 Å². The molecule has 1 aliphatic rings. The van der Waals surface area contributed by atoms with Gasteiger partial charge in [0.15, 0.2) is 0 Å². The van der Waals surface area contributed by atoms with Gasteiger partial charge in [0.05, 0.1) is 0 Å². The number of amides is 1. The Bertz CT molecular complexity index is 1060. The molecule has 1 N–H and O–H groups in total. The first-order valence-electron chi connectivity index (χ1n) is 10.6. The Morgan fingerprint density at radius 2 is 1.47 bits per heavy atom. The fourth-order valence-corrected chi connectivity index (χ4v) is 3.99. The van der Waals surface area contributed by atoms with E-state index in [9.17, 15) is 9.59 Å². The Morgan fingerprint density at radius 3 is 2.09 bits per heavy atom. The van der Waals surface area contributed by atoms with Crippen molar-refractivity contribution in [2.45, 2.75) is 25.0 Å². The Hall–Kier alpha value is -3.86. The normalized spacial score (nSPS) is 12.9. The molecule has 32 heavy (non-hydrogen) atoms. The molecule has 0 aromatic heterocycles. The van der Waals surface area contributed by atoms with E-state index in [1.165, 1.54) is 0 Å². The fraction of sp³-hybridized carbons (Fsp3) is 0.185. The highest BCUT2D eigenvalue weighted by molar-refractivity contribution is 5.82. The molecular weight excluding hydrogens is 402 g/mol. The van der Waals surface area contributed by atoms with Crippen molar-refractivity contribution in [2.24, 2.45) is 0 Å². The van der Waals surface area contributed by atoms with E-state index >= 15 is 0 Å².